The van der Waals surface area contributed by atoms with Gasteiger partial charge in [-0.15, -0.1) is 0 Å². The van der Waals surface area contributed by atoms with Crippen molar-refractivity contribution >= 4 is 28.3 Å². The molecule has 0 aromatic heterocycles. The van der Waals surface area contributed by atoms with E-state index < -0.39 is 22.3 Å². The van der Waals surface area contributed by atoms with E-state index in [1.165, 1.54) is 20.3 Å². The van der Waals surface area contributed by atoms with Gasteiger partial charge in [-0.25, -0.2) is 0 Å². The van der Waals surface area contributed by atoms with Crippen LogP contribution in [0.4, 0.5) is 0 Å². The molecule has 14 heteroatoms. The molecule has 212 valence electrons. The van der Waals surface area contributed by atoms with Crippen molar-refractivity contribution in [3.63, 3.8) is 0 Å². The van der Waals surface area contributed by atoms with Crippen LogP contribution in [0.15, 0.2) is 36.4 Å². The van der Waals surface area contributed by atoms with Crippen LogP contribution >= 0.6 is 0 Å². The van der Waals surface area contributed by atoms with Crippen LogP contribution in [0, 0.1) is 0 Å². The Bertz CT molecular complexity index is 1150. The van der Waals surface area contributed by atoms with E-state index in [9.17, 15) is 19.5 Å². The maximum atomic E-state index is 11.4. The van der Waals surface area contributed by atoms with Crippen LogP contribution in [0.2, 0.25) is 0 Å². The zero-order valence-electron chi connectivity index (χ0n) is 21.1. The van der Waals surface area contributed by atoms with Crippen molar-refractivity contribution in [3.05, 3.63) is 47.5 Å². The smallest absolute Gasteiger partial charge is 0.394 e. The maximum Gasteiger partial charge on any atom is 0.394 e. The predicted molar refractivity (Wildman–Crippen MR) is 134 cm³/mol. The van der Waals surface area contributed by atoms with E-state index in [1.807, 2.05) is 6.92 Å². The fourth-order valence-electron chi connectivity index (χ4n) is 2.71. The van der Waals surface area contributed by atoms with Gasteiger partial charge in [0.25, 0.3) is 0 Å². The van der Waals surface area contributed by atoms with E-state index in [0.29, 0.717) is 36.5 Å². The summed E-state index contributed by atoms with van der Waals surface area (Å²) in [6.07, 6.45) is 2.05. The molecule has 0 saturated carbocycles. The molecule has 5 N–H and O–H groups in total. The number of phenolic OH excluding ortho intramolecular Hbond substituents is 1. The summed E-state index contributed by atoms with van der Waals surface area (Å²) in [4.78, 5) is 32.2. The molecule has 0 spiro atoms. The Kier molecular flexibility index (Phi) is 15.8. The molecule has 0 radical (unpaired) electrons. The van der Waals surface area contributed by atoms with E-state index in [-0.39, 0.29) is 24.6 Å². The van der Waals surface area contributed by atoms with Crippen LogP contribution in [-0.4, -0.2) is 65.0 Å². The maximum absolute atomic E-state index is 11.4. The number of carbonyl (C=O) groups is 3. The number of aliphatic carboxylic acids is 2. The van der Waals surface area contributed by atoms with Gasteiger partial charge in [-0.2, -0.15) is 8.42 Å². The van der Waals surface area contributed by atoms with E-state index >= 15 is 0 Å². The number of rotatable bonds is 11. The first kappa shape index (κ1) is 34.1. The number of hydrogen-bond acceptors (Lipinski definition) is 9. The van der Waals surface area contributed by atoms with Gasteiger partial charge in [0.05, 0.1) is 14.2 Å². The number of aromatic hydroxyl groups is 1. The van der Waals surface area contributed by atoms with Crippen LogP contribution < -0.4 is 14.2 Å². The largest absolute Gasteiger partial charge is 0.504 e. The number of phenols is 1. The van der Waals surface area contributed by atoms with Crippen molar-refractivity contribution in [2.24, 2.45) is 0 Å². The summed E-state index contributed by atoms with van der Waals surface area (Å²) in [5.74, 6) is -0.764. The average Bonchev–Trinajstić information content (AvgIpc) is 2.82. The summed E-state index contributed by atoms with van der Waals surface area (Å²) in [5, 5.41) is 26.4. The van der Waals surface area contributed by atoms with Crippen LogP contribution in [0.1, 0.15) is 43.7 Å². The van der Waals surface area contributed by atoms with Crippen molar-refractivity contribution < 1.29 is 61.4 Å². The highest BCUT2D eigenvalue weighted by Crippen LogP contribution is 2.29. The normalized spacial score (nSPS) is 10.1. The van der Waals surface area contributed by atoms with Gasteiger partial charge in [0.2, 0.25) is 0 Å². The molecule has 0 aliphatic heterocycles. The average molecular weight is 561 g/mol. The molecule has 0 heterocycles. The second-order valence-corrected chi connectivity index (χ2v) is 8.35. The quantitative estimate of drug-likeness (QED) is 0.152. The Labute approximate surface area is 220 Å². The summed E-state index contributed by atoms with van der Waals surface area (Å²) in [6, 6.07) is 9.87. The third-order valence-corrected chi connectivity index (χ3v) is 4.41. The highest BCUT2D eigenvalue weighted by molar-refractivity contribution is 7.79. The first-order chi connectivity index (χ1) is 17.7. The van der Waals surface area contributed by atoms with Gasteiger partial charge in [0.1, 0.15) is 0 Å². The molecule has 2 aromatic carbocycles. The Morgan fingerprint density at radius 2 is 1.21 bits per heavy atom. The van der Waals surface area contributed by atoms with E-state index in [1.54, 1.807) is 30.3 Å². The molecule has 0 amide bonds. The molecule has 13 nitrogen and oxygen atoms in total. The predicted octanol–water partition coefficient (Wildman–Crippen LogP) is 3.18. The Hall–Kier alpha value is -3.88. The SMILES string of the molecule is CCCC(=O)Oc1ccc(CCC(=O)O)cc1OC.COc1cc(CCC(=O)O)ccc1O.O=S(=O)(O)O. The standard InChI is InChI=1S/C14H18O5.C10H12O4.H2O4S/c1-3-4-14(17)19-11-7-5-10(6-8-13(15)16)9-12(11)18-2;1-14-9-6-7(2-4-8(9)11)3-5-10(12)13;1-5(2,3)4/h5,7,9H,3-4,6,8H2,1-2H3,(H,15,16);2,4,6,11H,3,5H2,1H3,(H,12,13);(H2,1,2,3,4). The minimum absolute atomic E-state index is 0.0537. The molecule has 0 unspecified atom stereocenters. The first-order valence-corrected chi connectivity index (χ1v) is 12.5. The topological polar surface area (TPSA) is 214 Å². The summed E-state index contributed by atoms with van der Waals surface area (Å²) in [6.45, 7) is 1.90. The van der Waals surface area contributed by atoms with Crippen LogP contribution in [0.3, 0.4) is 0 Å². The lowest BCUT2D eigenvalue weighted by Gasteiger charge is -2.10. The van der Waals surface area contributed by atoms with Gasteiger partial charge < -0.3 is 29.5 Å². The van der Waals surface area contributed by atoms with Gasteiger partial charge in [0.15, 0.2) is 23.0 Å². The second kappa shape index (κ2) is 17.6. The summed E-state index contributed by atoms with van der Waals surface area (Å²) >= 11 is 0. The van der Waals surface area contributed by atoms with Gasteiger partial charge in [0, 0.05) is 19.3 Å². The second-order valence-electron chi connectivity index (χ2n) is 7.45. The molecule has 38 heavy (non-hydrogen) atoms. The van der Waals surface area contributed by atoms with Gasteiger partial charge in [-0.1, -0.05) is 19.1 Å². The number of methoxy groups -OCH3 is 2. The van der Waals surface area contributed by atoms with E-state index in [2.05, 4.69) is 0 Å². The van der Waals surface area contributed by atoms with Gasteiger partial charge in [-0.3, -0.25) is 23.5 Å². The number of carboxylic acids is 2. The Balaban J connectivity index is 0.000000631. The van der Waals surface area contributed by atoms with Crippen molar-refractivity contribution in [2.75, 3.05) is 14.2 Å². The third-order valence-electron chi connectivity index (χ3n) is 4.41. The highest BCUT2D eigenvalue weighted by Gasteiger charge is 2.11. The number of hydrogen-bond donors (Lipinski definition) is 5. The fourth-order valence-corrected chi connectivity index (χ4v) is 2.71. The number of carboxylic acid groups (broad SMARTS) is 2. The minimum Gasteiger partial charge on any atom is -0.504 e. The molecule has 0 aliphatic carbocycles. The molecule has 2 rings (SSSR count). The van der Waals surface area contributed by atoms with Crippen molar-refractivity contribution in [2.45, 2.75) is 45.4 Å². The van der Waals surface area contributed by atoms with Gasteiger partial charge >= 0.3 is 28.3 Å². The van der Waals surface area contributed by atoms with Crippen molar-refractivity contribution in [3.8, 4) is 23.0 Å². The Morgan fingerprint density at radius 3 is 1.63 bits per heavy atom. The lowest BCUT2D eigenvalue weighted by atomic mass is 10.1. The zero-order valence-corrected chi connectivity index (χ0v) is 21.9. The Morgan fingerprint density at radius 1 is 0.763 bits per heavy atom. The molecular formula is C24H32O13S. The van der Waals surface area contributed by atoms with Crippen molar-refractivity contribution in [1.29, 1.82) is 0 Å². The number of aryl methyl sites for hydroxylation is 2. The fraction of sp³-hybridized carbons (Fsp3) is 0.375. The number of esters is 1. The third kappa shape index (κ3) is 16.7. The molecule has 0 aliphatic rings. The number of benzene rings is 2. The zero-order chi connectivity index (χ0) is 29.3. The molecular weight excluding hydrogens is 528 g/mol. The summed E-state index contributed by atoms with van der Waals surface area (Å²) in [7, 11) is -1.73. The molecule has 0 saturated heterocycles. The molecule has 0 bridgehead atoms. The van der Waals surface area contributed by atoms with Crippen LogP contribution in [-0.2, 0) is 37.6 Å². The lowest BCUT2D eigenvalue weighted by Crippen LogP contribution is -2.08. The minimum atomic E-state index is -4.67. The first-order valence-electron chi connectivity index (χ1n) is 11.1. The van der Waals surface area contributed by atoms with E-state index in [0.717, 1.165) is 17.5 Å². The number of ether oxygens (including phenoxy) is 3. The number of carbonyl (C=O) groups excluding carboxylic acids is 1. The van der Waals surface area contributed by atoms with Crippen molar-refractivity contribution in [1.82, 2.24) is 0 Å². The van der Waals surface area contributed by atoms with Crippen LogP contribution in [0.5, 0.6) is 23.0 Å². The van der Waals surface area contributed by atoms with E-state index in [4.69, 9.17) is 41.9 Å². The van der Waals surface area contributed by atoms with Crippen LogP contribution in [0.25, 0.3) is 0 Å². The highest BCUT2D eigenvalue weighted by atomic mass is 32.3. The lowest BCUT2D eigenvalue weighted by molar-refractivity contribution is -0.138. The van der Waals surface area contributed by atoms with Gasteiger partial charge in [-0.05, 0) is 54.7 Å². The molecule has 2 aromatic rings. The molecule has 0 atom stereocenters. The summed E-state index contributed by atoms with van der Waals surface area (Å²) < 4.78 is 46.8. The summed E-state index contributed by atoms with van der Waals surface area (Å²) in [5.41, 5.74) is 1.66. The monoisotopic (exact) mass is 560 g/mol. The molecule has 0 fully saturated rings.